The van der Waals surface area contributed by atoms with E-state index < -0.39 is 0 Å². The van der Waals surface area contributed by atoms with E-state index in [-0.39, 0.29) is 0 Å². The number of benzene rings is 10. The molecule has 12 rings (SSSR count). The third-order valence-electron chi connectivity index (χ3n) is 11.8. The average Bonchev–Trinajstić information content (AvgIpc) is 3.86. The Morgan fingerprint density at radius 3 is 1.75 bits per heavy atom. The number of rotatable bonds is 6. The minimum Gasteiger partial charge on any atom is -0.456 e. The van der Waals surface area contributed by atoms with Gasteiger partial charge in [-0.3, -0.25) is 0 Å². The van der Waals surface area contributed by atoms with Gasteiger partial charge in [-0.05, 0) is 111 Å². The maximum atomic E-state index is 6.78. The van der Waals surface area contributed by atoms with E-state index in [0.29, 0.717) is 0 Å². The van der Waals surface area contributed by atoms with Crippen LogP contribution in [-0.4, -0.2) is 0 Å². The van der Waals surface area contributed by atoms with Crippen LogP contribution in [0.3, 0.4) is 0 Å². The molecule has 12 aromatic rings. The molecule has 3 heteroatoms. The van der Waals surface area contributed by atoms with Gasteiger partial charge in [0.1, 0.15) is 22.3 Å². The lowest BCUT2D eigenvalue weighted by Crippen LogP contribution is -2.11. The van der Waals surface area contributed by atoms with Crippen molar-refractivity contribution in [2.75, 3.05) is 4.90 Å². The van der Waals surface area contributed by atoms with E-state index in [1.807, 2.05) is 12.1 Å². The molecule has 0 radical (unpaired) electrons. The normalized spacial score (nSPS) is 11.7. The Bertz CT molecular complexity index is 3570. The summed E-state index contributed by atoms with van der Waals surface area (Å²) in [5.74, 6) is 0. The largest absolute Gasteiger partial charge is 0.456 e. The highest BCUT2D eigenvalue weighted by Crippen LogP contribution is 2.46. The summed E-state index contributed by atoms with van der Waals surface area (Å²) in [4.78, 5) is 2.36. The van der Waals surface area contributed by atoms with Crippen LogP contribution in [0.2, 0.25) is 0 Å². The molecule has 0 amide bonds. The van der Waals surface area contributed by atoms with Gasteiger partial charge in [-0.15, -0.1) is 0 Å². The Morgan fingerprint density at radius 1 is 0.288 bits per heavy atom. The van der Waals surface area contributed by atoms with Gasteiger partial charge in [-0.25, -0.2) is 0 Å². The molecule has 0 N–H and O–H groups in total. The lowest BCUT2D eigenvalue weighted by Gasteiger charge is -2.28. The zero-order valence-electron chi connectivity index (χ0n) is 32.0. The van der Waals surface area contributed by atoms with Crippen LogP contribution in [0.1, 0.15) is 0 Å². The number of para-hydroxylation sites is 3. The van der Waals surface area contributed by atoms with E-state index >= 15 is 0 Å². The quantitative estimate of drug-likeness (QED) is 0.169. The van der Waals surface area contributed by atoms with Gasteiger partial charge in [0.05, 0.1) is 5.69 Å². The highest BCUT2D eigenvalue weighted by molar-refractivity contribution is 6.14. The highest BCUT2D eigenvalue weighted by Gasteiger charge is 2.22. The van der Waals surface area contributed by atoms with E-state index in [1.165, 1.54) is 38.2 Å². The molecular formula is C56H35NO2. The zero-order chi connectivity index (χ0) is 38.9. The van der Waals surface area contributed by atoms with Crippen molar-refractivity contribution in [3.63, 3.8) is 0 Å². The summed E-state index contributed by atoms with van der Waals surface area (Å²) >= 11 is 0. The second kappa shape index (κ2) is 13.4. The van der Waals surface area contributed by atoms with Crippen LogP contribution in [0.15, 0.2) is 221 Å². The topological polar surface area (TPSA) is 29.5 Å². The van der Waals surface area contributed by atoms with Crippen LogP contribution in [0, 0.1) is 0 Å². The smallest absolute Gasteiger partial charge is 0.143 e. The number of furan rings is 2. The third-order valence-corrected chi connectivity index (χ3v) is 11.8. The molecule has 10 aromatic carbocycles. The second-order valence-electron chi connectivity index (χ2n) is 15.3. The lowest BCUT2D eigenvalue weighted by atomic mass is 9.96. The molecule has 59 heavy (non-hydrogen) atoms. The minimum absolute atomic E-state index is 0.865. The molecule has 0 aliphatic heterocycles. The monoisotopic (exact) mass is 753 g/mol. The van der Waals surface area contributed by atoms with E-state index in [9.17, 15) is 0 Å². The Balaban J connectivity index is 1.01. The molecule has 0 saturated heterocycles. The Morgan fingerprint density at radius 2 is 0.881 bits per heavy atom. The van der Waals surface area contributed by atoms with Crippen molar-refractivity contribution < 1.29 is 8.83 Å². The molecule has 0 fully saturated rings. The van der Waals surface area contributed by atoms with Gasteiger partial charge in [0.2, 0.25) is 0 Å². The first-order valence-electron chi connectivity index (χ1n) is 20.1. The summed E-state index contributed by atoms with van der Waals surface area (Å²) in [6, 6.07) is 75.8. The van der Waals surface area contributed by atoms with Gasteiger partial charge >= 0.3 is 0 Å². The van der Waals surface area contributed by atoms with Crippen molar-refractivity contribution in [2.24, 2.45) is 0 Å². The summed E-state index contributed by atoms with van der Waals surface area (Å²) in [5.41, 5.74) is 13.5. The summed E-state index contributed by atoms with van der Waals surface area (Å²) in [6.07, 6.45) is 0. The van der Waals surface area contributed by atoms with E-state index in [2.05, 4.69) is 205 Å². The fourth-order valence-electron chi connectivity index (χ4n) is 8.92. The summed E-state index contributed by atoms with van der Waals surface area (Å²) in [6.45, 7) is 0. The molecule has 0 saturated carbocycles. The van der Waals surface area contributed by atoms with Gasteiger partial charge in [0, 0.05) is 44.0 Å². The highest BCUT2D eigenvalue weighted by atomic mass is 16.3. The van der Waals surface area contributed by atoms with Crippen molar-refractivity contribution in [1.29, 1.82) is 0 Å². The first-order valence-corrected chi connectivity index (χ1v) is 20.1. The molecule has 0 unspecified atom stereocenters. The van der Waals surface area contributed by atoms with Gasteiger partial charge in [0.25, 0.3) is 0 Å². The molecule has 0 aliphatic carbocycles. The van der Waals surface area contributed by atoms with Crippen molar-refractivity contribution in [3.05, 3.63) is 212 Å². The van der Waals surface area contributed by atoms with E-state index in [4.69, 9.17) is 8.83 Å². The molecule has 276 valence electrons. The van der Waals surface area contributed by atoms with Gasteiger partial charge in [-0.1, -0.05) is 146 Å². The summed E-state index contributed by atoms with van der Waals surface area (Å²) < 4.78 is 13.1. The molecule has 0 spiro atoms. The number of hydrogen-bond acceptors (Lipinski definition) is 3. The van der Waals surface area contributed by atoms with E-state index in [1.54, 1.807) is 0 Å². The second-order valence-corrected chi connectivity index (χ2v) is 15.3. The lowest BCUT2D eigenvalue weighted by molar-refractivity contribution is 0.669. The SMILES string of the molecule is c1cc(-c2ccc(N(c3ccc4oc5ccccc5c4c3)c3ccccc3-c3cccc4c3oc3cc5ccccc5cc34)cc2)cc(-c2ccc3ccccc3c2)c1. The van der Waals surface area contributed by atoms with Crippen molar-refractivity contribution in [1.82, 2.24) is 0 Å². The Hall–Kier alpha value is -7.88. The fraction of sp³-hybridized carbons (Fsp3) is 0. The van der Waals surface area contributed by atoms with E-state index in [0.717, 1.165) is 77.6 Å². The van der Waals surface area contributed by atoms with Crippen LogP contribution in [0.25, 0.3) is 98.8 Å². The van der Waals surface area contributed by atoms with Crippen LogP contribution in [0.4, 0.5) is 17.1 Å². The van der Waals surface area contributed by atoms with Crippen LogP contribution >= 0.6 is 0 Å². The molecule has 0 bridgehead atoms. The predicted molar refractivity (Wildman–Crippen MR) is 247 cm³/mol. The summed E-state index contributed by atoms with van der Waals surface area (Å²) in [7, 11) is 0. The number of fused-ring (bicyclic) bond motifs is 8. The molecule has 2 aromatic heterocycles. The zero-order valence-corrected chi connectivity index (χ0v) is 32.0. The van der Waals surface area contributed by atoms with Crippen LogP contribution < -0.4 is 4.90 Å². The first-order chi connectivity index (χ1) is 29.2. The standard InChI is InChI=1S/C56H35NO2/c1-2-12-38-32-43(24-23-36(38)11-1)40-16-9-15-39(31-40)37-25-27-44(28-26-37)57(45-29-30-54-51(35-45)47-18-6-8-22-53(47)58-54)52-21-7-5-17-46(52)48-19-10-20-49-50-33-41-13-3-4-14-42(41)34-55(50)59-56(48)49/h1-35H. The number of hydrogen-bond donors (Lipinski definition) is 0. The maximum absolute atomic E-state index is 6.78. The van der Waals surface area contributed by atoms with Gasteiger partial charge in [-0.2, -0.15) is 0 Å². The van der Waals surface area contributed by atoms with Crippen LogP contribution in [-0.2, 0) is 0 Å². The molecule has 3 nitrogen and oxygen atoms in total. The van der Waals surface area contributed by atoms with Crippen LogP contribution in [0.5, 0.6) is 0 Å². The Labute approximate surface area is 340 Å². The molecule has 2 heterocycles. The molecular weight excluding hydrogens is 719 g/mol. The van der Waals surface area contributed by atoms with Crippen molar-refractivity contribution in [3.8, 4) is 33.4 Å². The Kier molecular flexibility index (Phi) is 7.54. The van der Waals surface area contributed by atoms with Crippen molar-refractivity contribution >= 4 is 82.5 Å². The number of anilines is 3. The first kappa shape index (κ1) is 33.3. The molecule has 0 atom stereocenters. The van der Waals surface area contributed by atoms with Crippen molar-refractivity contribution in [2.45, 2.75) is 0 Å². The fourth-order valence-corrected chi connectivity index (χ4v) is 8.92. The molecule has 0 aliphatic rings. The van der Waals surface area contributed by atoms with Gasteiger partial charge in [0.15, 0.2) is 0 Å². The maximum Gasteiger partial charge on any atom is 0.143 e. The van der Waals surface area contributed by atoms with Gasteiger partial charge < -0.3 is 13.7 Å². The summed E-state index contributed by atoms with van der Waals surface area (Å²) in [5, 5.41) is 9.25. The third kappa shape index (κ3) is 5.59. The predicted octanol–water partition coefficient (Wildman–Crippen LogP) is 16.3. The minimum atomic E-state index is 0.865. The average molecular weight is 754 g/mol. The number of nitrogens with zero attached hydrogens (tertiary/aromatic N) is 1.